The Hall–Kier alpha value is -1.69. The quantitative estimate of drug-likeness (QED) is 0.350. The zero-order valence-corrected chi connectivity index (χ0v) is 8.17. The molecule has 7 heteroatoms. The molecule has 0 atom stereocenters. The number of halogens is 3. The molecular formula is C8H7ClF2N4. The fraction of sp³-hybridized carbons (Fsp3) is 0. The number of rotatable bonds is 2. The van der Waals surface area contributed by atoms with Crippen molar-refractivity contribution in [1.29, 1.82) is 0 Å². The van der Waals surface area contributed by atoms with Gasteiger partial charge in [0.2, 0.25) is 5.96 Å². The van der Waals surface area contributed by atoms with E-state index >= 15 is 0 Å². The molecule has 4 nitrogen and oxygen atoms in total. The monoisotopic (exact) mass is 232 g/mol. The van der Waals surface area contributed by atoms with Crippen molar-refractivity contribution >= 4 is 24.0 Å². The average molecular weight is 233 g/mol. The minimum Gasteiger partial charge on any atom is -0.367 e. The van der Waals surface area contributed by atoms with Gasteiger partial charge >= 0.3 is 0 Å². The summed E-state index contributed by atoms with van der Waals surface area (Å²) in [5, 5.41) is 3.30. The standard InChI is InChI=1S/C8H7ClF2N4/c9-15-14-8(12)13-4-5-1-2-6(10)3-7(5)11/h1-4,15H,(H2,12,14). The van der Waals surface area contributed by atoms with Crippen LogP contribution in [0.5, 0.6) is 0 Å². The van der Waals surface area contributed by atoms with E-state index in [1.165, 1.54) is 6.07 Å². The molecule has 80 valence electrons. The first-order valence-electron chi connectivity index (χ1n) is 3.81. The third-order valence-corrected chi connectivity index (χ3v) is 1.54. The van der Waals surface area contributed by atoms with Gasteiger partial charge in [0, 0.05) is 29.6 Å². The summed E-state index contributed by atoms with van der Waals surface area (Å²) in [4.78, 5) is 5.46. The summed E-state index contributed by atoms with van der Waals surface area (Å²) < 4.78 is 25.5. The van der Waals surface area contributed by atoms with E-state index in [9.17, 15) is 8.78 Å². The van der Waals surface area contributed by atoms with Crippen molar-refractivity contribution < 1.29 is 8.78 Å². The summed E-state index contributed by atoms with van der Waals surface area (Å²) >= 11 is 5.02. The van der Waals surface area contributed by atoms with E-state index in [4.69, 9.17) is 17.5 Å². The zero-order chi connectivity index (χ0) is 11.3. The fourth-order valence-corrected chi connectivity index (χ4v) is 0.901. The van der Waals surface area contributed by atoms with Crippen LogP contribution in [-0.4, -0.2) is 12.2 Å². The number of nitrogens with two attached hydrogens (primary N) is 1. The highest BCUT2D eigenvalue weighted by molar-refractivity contribution is 6.13. The maximum absolute atomic E-state index is 13.0. The van der Waals surface area contributed by atoms with Crippen LogP contribution in [0.25, 0.3) is 0 Å². The molecule has 15 heavy (non-hydrogen) atoms. The van der Waals surface area contributed by atoms with Gasteiger partial charge in [0.1, 0.15) is 11.6 Å². The number of guanidine groups is 1. The van der Waals surface area contributed by atoms with E-state index in [0.717, 1.165) is 18.3 Å². The number of nitrogens with zero attached hydrogens (tertiary/aromatic N) is 2. The maximum Gasteiger partial charge on any atom is 0.238 e. The number of aliphatic imine (C=N–C) groups is 1. The van der Waals surface area contributed by atoms with Crippen molar-refractivity contribution in [2.45, 2.75) is 0 Å². The minimum atomic E-state index is -0.731. The van der Waals surface area contributed by atoms with Gasteiger partial charge in [-0.05, 0) is 12.1 Å². The Morgan fingerprint density at radius 1 is 1.47 bits per heavy atom. The molecule has 0 aliphatic rings. The van der Waals surface area contributed by atoms with Crippen LogP contribution in [0.3, 0.4) is 0 Å². The van der Waals surface area contributed by atoms with Gasteiger partial charge < -0.3 is 5.73 Å². The van der Waals surface area contributed by atoms with Crippen LogP contribution in [0.4, 0.5) is 8.78 Å². The molecule has 0 saturated heterocycles. The molecular weight excluding hydrogens is 226 g/mol. The fourth-order valence-electron chi connectivity index (χ4n) is 0.814. The predicted octanol–water partition coefficient (Wildman–Crippen LogP) is 1.36. The smallest absolute Gasteiger partial charge is 0.238 e. The second-order valence-corrected chi connectivity index (χ2v) is 2.65. The summed E-state index contributed by atoms with van der Waals surface area (Å²) in [6, 6.07) is 3.08. The first kappa shape index (κ1) is 11.4. The van der Waals surface area contributed by atoms with Crippen LogP contribution in [0.2, 0.25) is 0 Å². The van der Waals surface area contributed by atoms with Gasteiger partial charge in [0.15, 0.2) is 0 Å². The molecule has 0 bridgehead atoms. The summed E-state index contributed by atoms with van der Waals surface area (Å²) in [6.07, 6.45) is 1.11. The van der Waals surface area contributed by atoms with E-state index in [0.29, 0.717) is 0 Å². The van der Waals surface area contributed by atoms with Crippen molar-refractivity contribution in [2.24, 2.45) is 15.8 Å². The van der Waals surface area contributed by atoms with Crippen LogP contribution in [0.1, 0.15) is 5.56 Å². The number of hydrogen-bond donors (Lipinski definition) is 2. The summed E-state index contributed by atoms with van der Waals surface area (Å²) in [5.41, 5.74) is 5.32. The molecule has 3 N–H and O–H groups in total. The summed E-state index contributed by atoms with van der Waals surface area (Å²) in [5.74, 6) is -1.56. The topological polar surface area (TPSA) is 62.8 Å². The molecule has 1 rings (SSSR count). The van der Waals surface area contributed by atoms with Crippen LogP contribution < -0.4 is 10.7 Å². The second kappa shape index (κ2) is 5.26. The van der Waals surface area contributed by atoms with Gasteiger partial charge in [0.05, 0.1) is 0 Å². The highest BCUT2D eigenvalue weighted by Crippen LogP contribution is 2.06. The second-order valence-electron chi connectivity index (χ2n) is 2.48. The van der Waals surface area contributed by atoms with E-state index in [2.05, 4.69) is 10.1 Å². The normalized spacial score (nSPS) is 12.1. The van der Waals surface area contributed by atoms with Crippen molar-refractivity contribution in [2.75, 3.05) is 0 Å². The van der Waals surface area contributed by atoms with Gasteiger partial charge in [-0.2, -0.15) is 0 Å². The largest absolute Gasteiger partial charge is 0.367 e. The molecule has 0 unspecified atom stereocenters. The third kappa shape index (κ3) is 3.51. The number of hydrogen-bond acceptors (Lipinski definition) is 2. The molecule has 0 saturated carbocycles. The first-order chi connectivity index (χ1) is 7.13. The van der Waals surface area contributed by atoms with Gasteiger partial charge in [-0.15, -0.1) is 5.10 Å². The Balaban J connectivity index is 2.85. The molecule has 0 heterocycles. The molecule has 1 aromatic carbocycles. The van der Waals surface area contributed by atoms with Crippen molar-refractivity contribution in [3.8, 4) is 0 Å². The van der Waals surface area contributed by atoms with Crippen LogP contribution in [0.15, 0.2) is 28.3 Å². The Morgan fingerprint density at radius 3 is 2.80 bits per heavy atom. The lowest BCUT2D eigenvalue weighted by molar-refractivity contribution is 0.582. The van der Waals surface area contributed by atoms with Crippen LogP contribution in [0, 0.1) is 11.6 Å². The highest BCUT2D eigenvalue weighted by Gasteiger charge is 2.00. The van der Waals surface area contributed by atoms with E-state index in [1.807, 2.05) is 4.94 Å². The zero-order valence-electron chi connectivity index (χ0n) is 7.42. The molecule has 0 radical (unpaired) electrons. The highest BCUT2D eigenvalue weighted by atomic mass is 35.5. The third-order valence-electron chi connectivity index (χ3n) is 1.46. The lowest BCUT2D eigenvalue weighted by atomic mass is 10.2. The average Bonchev–Trinajstić information content (AvgIpc) is 2.17. The van der Waals surface area contributed by atoms with Gasteiger partial charge in [0.25, 0.3) is 0 Å². The molecule has 0 aliphatic heterocycles. The van der Waals surface area contributed by atoms with Crippen molar-refractivity contribution in [3.05, 3.63) is 35.4 Å². The molecule has 0 aliphatic carbocycles. The Bertz CT molecular complexity index is 406. The molecule has 0 fully saturated rings. The van der Waals surface area contributed by atoms with Crippen LogP contribution in [-0.2, 0) is 0 Å². The number of benzene rings is 1. The molecule has 0 aromatic heterocycles. The van der Waals surface area contributed by atoms with Gasteiger partial charge in [-0.25, -0.2) is 18.7 Å². The summed E-state index contributed by atoms with van der Waals surface area (Å²) in [6.45, 7) is 0. The SMILES string of the molecule is NC(N=Cc1ccc(F)cc1F)=NNCl. The Morgan fingerprint density at radius 2 is 2.20 bits per heavy atom. The predicted molar refractivity (Wildman–Crippen MR) is 54.6 cm³/mol. The lowest BCUT2D eigenvalue weighted by Gasteiger charge is -1.95. The number of hydrazone groups is 1. The Labute approximate surface area is 89.6 Å². The van der Waals surface area contributed by atoms with E-state index in [-0.39, 0.29) is 11.5 Å². The molecule has 0 spiro atoms. The first-order valence-corrected chi connectivity index (χ1v) is 4.19. The van der Waals surface area contributed by atoms with Gasteiger partial charge in [-0.1, -0.05) is 0 Å². The Kier molecular flexibility index (Phi) is 3.99. The lowest BCUT2D eigenvalue weighted by Crippen LogP contribution is -2.11. The maximum atomic E-state index is 13.0. The van der Waals surface area contributed by atoms with Crippen molar-refractivity contribution in [1.82, 2.24) is 4.94 Å². The minimum absolute atomic E-state index is 0.101. The summed E-state index contributed by atoms with van der Waals surface area (Å²) in [7, 11) is 0. The van der Waals surface area contributed by atoms with Crippen molar-refractivity contribution in [3.63, 3.8) is 0 Å². The van der Waals surface area contributed by atoms with E-state index in [1.54, 1.807) is 0 Å². The molecule has 1 aromatic rings. The van der Waals surface area contributed by atoms with Crippen LogP contribution >= 0.6 is 11.8 Å². The molecule has 0 amide bonds. The van der Waals surface area contributed by atoms with E-state index < -0.39 is 11.6 Å². The number of nitrogens with one attached hydrogen (secondary N) is 1. The van der Waals surface area contributed by atoms with Gasteiger partial charge in [-0.3, -0.25) is 0 Å².